The Morgan fingerprint density at radius 3 is 2.70 bits per heavy atom. The molecule has 0 unspecified atom stereocenters. The molecular formula is C7H9BrN2. The van der Waals surface area contributed by atoms with Gasteiger partial charge >= 0.3 is 0 Å². The van der Waals surface area contributed by atoms with Gasteiger partial charge in [-0.2, -0.15) is 0 Å². The molecule has 0 atom stereocenters. The minimum Gasteiger partial charge on any atom is -0.238 e. The monoisotopic (exact) mass is 200 g/mol. The predicted molar refractivity (Wildman–Crippen MR) is 43.8 cm³/mol. The van der Waals surface area contributed by atoms with Gasteiger partial charge in [-0.25, -0.2) is 9.97 Å². The van der Waals surface area contributed by atoms with Gasteiger partial charge in [-0.15, -0.1) is 0 Å². The molecule has 0 aliphatic heterocycles. The lowest BCUT2D eigenvalue weighted by molar-refractivity contribution is 0.906. The van der Waals surface area contributed by atoms with E-state index in [-0.39, 0.29) is 0 Å². The van der Waals surface area contributed by atoms with Crippen molar-refractivity contribution in [1.29, 1.82) is 0 Å². The van der Waals surface area contributed by atoms with Gasteiger partial charge in [0.1, 0.15) is 10.4 Å². The third-order valence-corrected chi connectivity index (χ3v) is 1.59. The molecule has 0 saturated carbocycles. The van der Waals surface area contributed by atoms with E-state index in [9.17, 15) is 0 Å². The molecule has 3 heteroatoms. The van der Waals surface area contributed by atoms with Crippen LogP contribution in [-0.4, -0.2) is 9.97 Å². The first-order valence-electron chi connectivity index (χ1n) is 3.22. The van der Waals surface area contributed by atoms with E-state index in [2.05, 4.69) is 25.9 Å². The van der Waals surface area contributed by atoms with Gasteiger partial charge in [0.25, 0.3) is 0 Å². The van der Waals surface area contributed by atoms with E-state index >= 15 is 0 Å². The molecule has 1 aromatic rings. The molecule has 0 aliphatic carbocycles. The number of halogens is 1. The summed E-state index contributed by atoms with van der Waals surface area (Å²) in [6.07, 6.45) is 0.889. The van der Waals surface area contributed by atoms with Crippen LogP contribution in [0.4, 0.5) is 0 Å². The highest BCUT2D eigenvalue weighted by Gasteiger charge is 1.95. The van der Waals surface area contributed by atoms with Crippen LogP contribution in [0.3, 0.4) is 0 Å². The van der Waals surface area contributed by atoms with Crippen LogP contribution in [0.1, 0.15) is 18.4 Å². The summed E-state index contributed by atoms with van der Waals surface area (Å²) in [4.78, 5) is 8.37. The third kappa shape index (κ3) is 1.77. The molecule has 54 valence electrons. The summed E-state index contributed by atoms with van der Waals surface area (Å²) in [6.45, 7) is 4.01. The Bertz CT molecular complexity index is 215. The lowest BCUT2D eigenvalue weighted by Gasteiger charge is -1.97. The van der Waals surface area contributed by atoms with Crippen LogP contribution < -0.4 is 0 Å². The molecule has 0 amide bonds. The number of aryl methyl sites for hydroxylation is 2. The molecule has 0 radical (unpaired) electrons. The minimum atomic E-state index is 0.872. The van der Waals surface area contributed by atoms with Crippen molar-refractivity contribution < 1.29 is 0 Å². The largest absolute Gasteiger partial charge is 0.238 e. The van der Waals surface area contributed by atoms with Crippen LogP contribution in [0, 0.1) is 6.92 Å². The molecule has 0 N–H and O–H groups in total. The fraction of sp³-hybridized carbons (Fsp3) is 0.429. The number of hydrogen-bond acceptors (Lipinski definition) is 2. The summed E-state index contributed by atoms with van der Waals surface area (Å²) < 4.78 is 0.872. The van der Waals surface area contributed by atoms with Crippen molar-refractivity contribution in [2.45, 2.75) is 20.3 Å². The number of aromatic nitrogens is 2. The molecule has 0 aromatic carbocycles. The summed E-state index contributed by atoms with van der Waals surface area (Å²) in [6, 6.07) is 1.90. The number of nitrogens with zero attached hydrogens (tertiary/aromatic N) is 2. The Kier molecular flexibility index (Phi) is 2.38. The molecule has 0 bridgehead atoms. The average molecular weight is 201 g/mol. The summed E-state index contributed by atoms with van der Waals surface area (Å²) in [5, 5.41) is 0. The average Bonchev–Trinajstić information content (AvgIpc) is 1.85. The van der Waals surface area contributed by atoms with Crippen LogP contribution in [0.2, 0.25) is 0 Å². The van der Waals surface area contributed by atoms with E-state index in [0.717, 1.165) is 22.5 Å². The van der Waals surface area contributed by atoms with Gasteiger partial charge in [-0.1, -0.05) is 6.92 Å². The van der Waals surface area contributed by atoms with Gasteiger partial charge in [0.2, 0.25) is 0 Å². The first kappa shape index (κ1) is 7.66. The van der Waals surface area contributed by atoms with Crippen molar-refractivity contribution >= 4 is 15.9 Å². The Morgan fingerprint density at radius 1 is 1.50 bits per heavy atom. The van der Waals surface area contributed by atoms with E-state index in [1.165, 1.54) is 0 Å². The van der Waals surface area contributed by atoms with Crippen LogP contribution >= 0.6 is 15.9 Å². The standard InChI is InChI=1S/C7H9BrN2/c1-3-7-9-5(2)4-6(8)10-7/h4H,3H2,1-2H3. The highest BCUT2D eigenvalue weighted by Crippen LogP contribution is 2.07. The molecule has 1 heterocycles. The summed E-state index contributed by atoms with van der Waals surface area (Å²) in [5.74, 6) is 0.895. The maximum atomic E-state index is 4.21. The van der Waals surface area contributed by atoms with Gasteiger partial charge in [-0.3, -0.25) is 0 Å². The Labute approximate surface area is 68.8 Å². The zero-order valence-corrected chi connectivity index (χ0v) is 7.64. The van der Waals surface area contributed by atoms with E-state index in [1.807, 2.05) is 19.9 Å². The van der Waals surface area contributed by atoms with Crippen LogP contribution in [-0.2, 0) is 6.42 Å². The van der Waals surface area contributed by atoms with Crippen molar-refractivity contribution in [3.05, 3.63) is 22.2 Å². The summed E-state index contributed by atoms with van der Waals surface area (Å²) in [5.41, 5.74) is 1.01. The third-order valence-electron chi connectivity index (χ3n) is 1.19. The summed E-state index contributed by atoms with van der Waals surface area (Å²) >= 11 is 3.30. The van der Waals surface area contributed by atoms with E-state index in [0.29, 0.717) is 0 Å². The van der Waals surface area contributed by atoms with E-state index in [4.69, 9.17) is 0 Å². The maximum absolute atomic E-state index is 4.21. The molecule has 0 spiro atoms. The van der Waals surface area contributed by atoms with Crippen LogP contribution in [0.15, 0.2) is 10.7 Å². The van der Waals surface area contributed by atoms with Crippen molar-refractivity contribution in [2.24, 2.45) is 0 Å². The van der Waals surface area contributed by atoms with E-state index < -0.39 is 0 Å². The smallest absolute Gasteiger partial charge is 0.129 e. The highest BCUT2D eigenvalue weighted by atomic mass is 79.9. The fourth-order valence-electron chi connectivity index (χ4n) is 0.747. The Balaban J connectivity index is 3.06. The molecule has 1 aromatic heterocycles. The molecule has 0 aliphatic rings. The van der Waals surface area contributed by atoms with Gasteiger partial charge in [-0.05, 0) is 28.9 Å². The second kappa shape index (κ2) is 3.10. The van der Waals surface area contributed by atoms with Gasteiger partial charge in [0, 0.05) is 12.1 Å². The van der Waals surface area contributed by atoms with Crippen LogP contribution in [0.5, 0.6) is 0 Å². The van der Waals surface area contributed by atoms with Gasteiger partial charge in [0.15, 0.2) is 0 Å². The second-order valence-electron chi connectivity index (χ2n) is 2.10. The Morgan fingerprint density at radius 2 is 2.20 bits per heavy atom. The lowest BCUT2D eigenvalue weighted by Crippen LogP contribution is -1.94. The fourth-order valence-corrected chi connectivity index (χ4v) is 1.28. The zero-order chi connectivity index (χ0) is 7.56. The number of hydrogen-bond donors (Lipinski definition) is 0. The second-order valence-corrected chi connectivity index (χ2v) is 2.91. The van der Waals surface area contributed by atoms with Crippen molar-refractivity contribution in [1.82, 2.24) is 9.97 Å². The normalized spacial score (nSPS) is 9.90. The van der Waals surface area contributed by atoms with Crippen molar-refractivity contribution in [3.63, 3.8) is 0 Å². The van der Waals surface area contributed by atoms with Crippen LogP contribution in [0.25, 0.3) is 0 Å². The van der Waals surface area contributed by atoms with Gasteiger partial charge in [0.05, 0.1) is 0 Å². The molecule has 1 rings (SSSR count). The molecule has 2 nitrogen and oxygen atoms in total. The molecule has 0 saturated heterocycles. The Hall–Kier alpha value is -0.440. The molecule has 10 heavy (non-hydrogen) atoms. The zero-order valence-electron chi connectivity index (χ0n) is 6.06. The topological polar surface area (TPSA) is 25.8 Å². The predicted octanol–water partition coefficient (Wildman–Crippen LogP) is 2.11. The SMILES string of the molecule is CCc1nc(C)cc(Br)n1. The van der Waals surface area contributed by atoms with Gasteiger partial charge < -0.3 is 0 Å². The van der Waals surface area contributed by atoms with Crippen molar-refractivity contribution in [2.75, 3.05) is 0 Å². The lowest BCUT2D eigenvalue weighted by atomic mass is 10.4. The minimum absolute atomic E-state index is 0.872. The van der Waals surface area contributed by atoms with Crippen molar-refractivity contribution in [3.8, 4) is 0 Å². The quantitative estimate of drug-likeness (QED) is 0.650. The van der Waals surface area contributed by atoms with E-state index in [1.54, 1.807) is 0 Å². The molecule has 0 fully saturated rings. The first-order chi connectivity index (χ1) is 4.72. The maximum Gasteiger partial charge on any atom is 0.129 e. The molecular weight excluding hydrogens is 192 g/mol. The summed E-state index contributed by atoms with van der Waals surface area (Å²) in [7, 11) is 0. The first-order valence-corrected chi connectivity index (χ1v) is 4.01. The highest BCUT2D eigenvalue weighted by molar-refractivity contribution is 9.10. The number of rotatable bonds is 1.